The highest BCUT2D eigenvalue weighted by molar-refractivity contribution is 5.07. The Bertz CT molecular complexity index is 247. The topological polar surface area (TPSA) is 0 Å². The lowest BCUT2D eigenvalue weighted by molar-refractivity contribution is -0.228. The van der Waals surface area contributed by atoms with Crippen molar-refractivity contribution in [3.05, 3.63) is 0 Å². The Morgan fingerprint density at radius 2 is 1.19 bits per heavy atom. The third kappa shape index (κ3) is 1.78. The first-order valence-corrected chi connectivity index (χ1v) is 6.34. The summed E-state index contributed by atoms with van der Waals surface area (Å²) in [6.07, 6.45) is 3.23. The molecule has 0 heterocycles. The highest BCUT2D eigenvalue weighted by Gasteiger charge is 2.65. The molecule has 0 N–H and O–H groups in total. The highest BCUT2D eigenvalue weighted by Crippen LogP contribution is 2.64. The van der Waals surface area contributed by atoms with Gasteiger partial charge in [0.25, 0.3) is 5.92 Å². The zero-order valence-electron chi connectivity index (χ0n) is 11.6. The lowest BCUT2D eigenvalue weighted by atomic mass is 9.56. The Balaban J connectivity index is 3.23. The summed E-state index contributed by atoms with van der Waals surface area (Å²) >= 11 is 0. The lowest BCUT2D eigenvalue weighted by Gasteiger charge is -2.52. The minimum absolute atomic E-state index is 0.333. The van der Waals surface area contributed by atoms with Gasteiger partial charge in [0.1, 0.15) is 0 Å². The maximum absolute atomic E-state index is 14.8. The normalized spacial score (nSPS) is 22.5. The van der Waals surface area contributed by atoms with Crippen molar-refractivity contribution in [3.63, 3.8) is 0 Å². The van der Waals surface area contributed by atoms with Gasteiger partial charge >= 0.3 is 0 Å². The molecule has 0 bridgehead atoms. The molecule has 1 aliphatic rings. The minimum atomic E-state index is -2.60. The molecule has 0 aromatic carbocycles. The molecule has 96 valence electrons. The van der Waals surface area contributed by atoms with Gasteiger partial charge in [0.15, 0.2) is 0 Å². The molecule has 0 spiro atoms. The maximum Gasteiger partial charge on any atom is 0.258 e. The van der Waals surface area contributed by atoms with Crippen LogP contribution < -0.4 is 0 Å². The summed E-state index contributed by atoms with van der Waals surface area (Å²) in [6, 6.07) is 0. The second-order valence-electron chi connectivity index (χ2n) is 7.36. The molecule has 16 heavy (non-hydrogen) atoms. The number of hydrogen-bond donors (Lipinski definition) is 0. The Labute approximate surface area is 98.8 Å². The van der Waals surface area contributed by atoms with Crippen molar-refractivity contribution >= 4 is 0 Å². The third-order valence-electron chi connectivity index (χ3n) is 4.44. The molecule has 1 saturated carbocycles. The monoisotopic (exact) mass is 232 g/mol. The van der Waals surface area contributed by atoms with Gasteiger partial charge in [0.2, 0.25) is 0 Å². The van der Waals surface area contributed by atoms with Crippen molar-refractivity contribution in [1.82, 2.24) is 0 Å². The molecule has 0 nitrogen and oxygen atoms in total. The Hall–Kier alpha value is -0.140. The van der Waals surface area contributed by atoms with Crippen LogP contribution in [0.4, 0.5) is 8.78 Å². The molecule has 0 aromatic rings. The fraction of sp³-hybridized carbons (Fsp3) is 1.00. The average Bonchev–Trinajstić information content (AvgIpc) is 2.48. The molecule has 0 saturated heterocycles. The van der Waals surface area contributed by atoms with Gasteiger partial charge in [-0.3, -0.25) is 0 Å². The maximum atomic E-state index is 14.8. The van der Waals surface area contributed by atoms with E-state index in [0.717, 1.165) is 12.8 Å². The van der Waals surface area contributed by atoms with Crippen LogP contribution in [-0.2, 0) is 0 Å². The van der Waals surface area contributed by atoms with Crippen LogP contribution in [0.3, 0.4) is 0 Å². The van der Waals surface area contributed by atoms with Gasteiger partial charge in [-0.1, -0.05) is 54.4 Å². The number of rotatable bonds is 1. The molecule has 1 aliphatic carbocycles. The molecule has 0 amide bonds. The quantitative estimate of drug-likeness (QED) is 0.577. The second-order valence-corrected chi connectivity index (χ2v) is 7.36. The van der Waals surface area contributed by atoms with E-state index in [0.29, 0.717) is 12.8 Å². The summed E-state index contributed by atoms with van der Waals surface area (Å²) in [6.45, 7) is 10.9. The summed E-state index contributed by atoms with van der Waals surface area (Å²) in [5.74, 6) is -2.60. The first-order valence-electron chi connectivity index (χ1n) is 6.34. The van der Waals surface area contributed by atoms with E-state index in [2.05, 4.69) is 0 Å². The first-order chi connectivity index (χ1) is 6.96. The number of alkyl halides is 2. The van der Waals surface area contributed by atoms with E-state index in [9.17, 15) is 8.78 Å². The molecular formula is C14H26F2. The smallest absolute Gasteiger partial charge is 0.206 e. The van der Waals surface area contributed by atoms with Crippen LogP contribution in [0, 0.1) is 16.2 Å². The van der Waals surface area contributed by atoms with E-state index in [4.69, 9.17) is 0 Å². The first kappa shape index (κ1) is 13.9. The molecule has 0 aliphatic heterocycles. The molecule has 1 rings (SSSR count). The minimum Gasteiger partial charge on any atom is -0.206 e. The summed E-state index contributed by atoms with van der Waals surface area (Å²) in [7, 11) is 0. The van der Waals surface area contributed by atoms with E-state index in [1.54, 1.807) is 20.8 Å². The van der Waals surface area contributed by atoms with E-state index in [1.807, 2.05) is 20.8 Å². The predicted molar refractivity (Wildman–Crippen MR) is 64.8 cm³/mol. The van der Waals surface area contributed by atoms with Crippen LogP contribution in [0.25, 0.3) is 0 Å². The fourth-order valence-electron chi connectivity index (χ4n) is 3.23. The van der Waals surface area contributed by atoms with Crippen LogP contribution in [0.2, 0.25) is 0 Å². The largest absolute Gasteiger partial charge is 0.258 e. The lowest BCUT2D eigenvalue weighted by Crippen LogP contribution is -2.55. The average molecular weight is 232 g/mol. The zero-order chi connectivity index (χ0) is 12.8. The summed E-state index contributed by atoms with van der Waals surface area (Å²) in [4.78, 5) is 0. The van der Waals surface area contributed by atoms with Crippen molar-refractivity contribution < 1.29 is 8.78 Å². The van der Waals surface area contributed by atoms with Gasteiger partial charge in [-0.15, -0.1) is 0 Å². The molecule has 1 fully saturated rings. The van der Waals surface area contributed by atoms with Crippen LogP contribution in [0.5, 0.6) is 0 Å². The van der Waals surface area contributed by atoms with E-state index in [-0.39, 0.29) is 5.41 Å². The SMILES string of the molecule is CC(C)(C)C(F)(F)C1(C(C)(C)C)CCCC1. The molecule has 0 atom stereocenters. The van der Waals surface area contributed by atoms with Crippen molar-refractivity contribution in [3.8, 4) is 0 Å². The Kier molecular flexibility index (Phi) is 3.20. The second kappa shape index (κ2) is 3.68. The van der Waals surface area contributed by atoms with Gasteiger partial charge in [0, 0.05) is 10.8 Å². The fourth-order valence-corrected chi connectivity index (χ4v) is 3.23. The molecule has 2 heteroatoms. The number of halogens is 2. The Morgan fingerprint density at radius 1 is 0.812 bits per heavy atom. The van der Waals surface area contributed by atoms with E-state index >= 15 is 0 Å². The molecule has 0 radical (unpaired) electrons. The van der Waals surface area contributed by atoms with Gasteiger partial charge in [-0.2, -0.15) is 0 Å². The number of hydrogen-bond acceptors (Lipinski definition) is 0. The van der Waals surface area contributed by atoms with Gasteiger partial charge in [-0.25, -0.2) is 8.78 Å². The third-order valence-corrected chi connectivity index (χ3v) is 4.44. The van der Waals surface area contributed by atoms with Crippen LogP contribution in [-0.4, -0.2) is 5.92 Å². The zero-order valence-corrected chi connectivity index (χ0v) is 11.6. The summed E-state index contributed by atoms with van der Waals surface area (Å²) < 4.78 is 29.6. The van der Waals surface area contributed by atoms with Gasteiger partial charge < -0.3 is 0 Å². The summed E-state index contributed by atoms with van der Waals surface area (Å²) in [5, 5.41) is 0. The van der Waals surface area contributed by atoms with Crippen molar-refractivity contribution in [2.45, 2.75) is 73.1 Å². The predicted octanol–water partition coefficient (Wildman–Crippen LogP) is 5.27. The summed E-state index contributed by atoms with van der Waals surface area (Å²) in [5.41, 5.74) is -2.11. The van der Waals surface area contributed by atoms with Crippen molar-refractivity contribution in [1.29, 1.82) is 0 Å². The van der Waals surface area contributed by atoms with Crippen LogP contribution in [0.15, 0.2) is 0 Å². The van der Waals surface area contributed by atoms with Crippen LogP contribution >= 0.6 is 0 Å². The molecule has 0 unspecified atom stereocenters. The Morgan fingerprint density at radius 3 is 1.44 bits per heavy atom. The standard InChI is InChI=1S/C14H26F2/c1-11(2,3)13(9-7-8-10-13)14(15,16)12(4,5)6/h7-10H2,1-6H3. The van der Waals surface area contributed by atoms with Crippen molar-refractivity contribution in [2.24, 2.45) is 16.2 Å². The van der Waals surface area contributed by atoms with E-state index in [1.165, 1.54) is 0 Å². The van der Waals surface area contributed by atoms with Crippen LogP contribution in [0.1, 0.15) is 67.2 Å². The van der Waals surface area contributed by atoms with Crippen molar-refractivity contribution in [2.75, 3.05) is 0 Å². The van der Waals surface area contributed by atoms with Gasteiger partial charge in [0.05, 0.1) is 0 Å². The van der Waals surface area contributed by atoms with E-state index < -0.39 is 16.8 Å². The molecular weight excluding hydrogens is 206 g/mol. The highest BCUT2D eigenvalue weighted by atomic mass is 19.3. The van der Waals surface area contributed by atoms with Gasteiger partial charge in [-0.05, 0) is 18.3 Å². The molecule has 0 aromatic heterocycles.